The first kappa shape index (κ1) is 12.5. The summed E-state index contributed by atoms with van der Waals surface area (Å²) >= 11 is 6.75. The topological polar surface area (TPSA) is 30.0 Å². The van der Waals surface area contributed by atoms with Crippen LogP contribution in [0, 0.1) is 0 Å². The summed E-state index contributed by atoms with van der Waals surface area (Å²) in [5.41, 5.74) is 1.46. The fraction of sp³-hybridized carbons (Fsp3) is 0.0769. The van der Waals surface area contributed by atoms with Crippen LogP contribution in [0.25, 0.3) is 0 Å². The monoisotopic (exact) mass is 353 g/mol. The first-order chi connectivity index (χ1) is 8.16. The molecule has 0 N–H and O–H groups in total. The molecule has 17 heavy (non-hydrogen) atoms. The molecule has 2 nitrogen and oxygen atoms in total. The van der Waals surface area contributed by atoms with Crippen molar-refractivity contribution in [1.82, 2.24) is 4.98 Å². The lowest BCUT2D eigenvalue weighted by Crippen LogP contribution is -2.05. The molecule has 86 valence electrons. The third-order valence-electron chi connectivity index (χ3n) is 2.30. The van der Waals surface area contributed by atoms with Gasteiger partial charge in [0.2, 0.25) is 0 Å². The second-order valence-corrected chi connectivity index (χ2v) is 5.32. The molecule has 0 fully saturated rings. The van der Waals surface area contributed by atoms with Crippen LogP contribution in [-0.4, -0.2) is 10.8 Å². The Labute approximate surface area is 116 Å². The van der Waals surface area contributed by atoms with Crippen LogP contribution >= 0.6 is 31.9 Å². The maximum Gasteiger partial charge on any atom is 0.169 e. The quantitative estimate of drug-likeness (QED) is 0.779. The fourth-order valence-corrected chi connectivity index (χ4v) is 2.75. The van der Waals surface area contributed by atoms with Crippen LogP contribution in [0.1, 0.15) is 16.1 Å². The molecule has 4 heteroatoms. The standard InChI is InChI=1S/C13H9Br2NO/c14-9-4-5-11(12(15)7-9)13(17)8-10-3-1-2-6-16-10/h1-7H,8H2. The zero-order valence-corrected chi connectivity index (χ0v) is 12.0. The van der Waals surface area contributed by atoms with E-state index in [0.29, 0.717) is 12.0 Å². The Morgan fingerprint density at radius 2 is 2.00 bits per heavy atom. The SMILES string of the molecule is O=C(Cc1ccccn1)c1ccc(Br)cc1Br. The highest BCUT2D eigenvalue weighted by Gasteiger charge is 2.11. The van der Waals surface area contributed by atoms with E-state index in [9.17, 15) is 4.79 Å². The molecule has 0 radical (unpaired) electrons. The lowest BCUT2D eigenvalue weighted by atomic mass is 10.1. The Morgan fingerprint density at radius 1 is 1.18 bits per heavy atom. The molecule has 0 aliphatic carbocycles. The summed E-state index contributed by atoms with van der Waals surface area (Å²) < 4.78 is 1.74. The van der Waals surface area contributed by atoms with E-state index in [2.05, 4.69) is 36.8 Å². The molecular weight excluding hydrogens is 346 g/mol. The summed E-state index contributed by atoms with van der Waals surface area (Å²) in [5, 5.41) is 0. The van der Waals surface area contributed by atoms with Gasteiger partial charge in [-0.25, -0.2) is 0 Å². The van der Waals surface area contributed by atoms with Crippen molar-refractivity contribution in [3.63, 3.8) is 0 Å². The number of pyridine rings is 1. The minimum absolute atomic E-state index is 0.0584. The molecule has 0 saturated carbocycles. The summed E-state index contributed by atoms with van der Waals surface area (Å²) in [4.78, 5) is 16.2. The molecule has 0 aliphatic rings. The highest BCUT2D eigenvalue weighted by molar-refractivity contribution is 9.11. The Balaban J connectivity index is 2.21. The number of halogens is 2. The summed E-state index contributed by atoms with van der Waals surface area (Å²) in [5.74, 6) is 0.0584. The molecule has 0 bridgehead atoms. The van der Waals surface area contributed by atoms with Gasteiger partial charge in [0.1, 0.15) is 0 Å². The number of carbonyl (C=O) groups excluding carboxylic acids is 1. The molecule has 0 aliphatic heterocycles. The van der Waals surface area contributed by atoms with Crippen LogP contribution in [-0.2, 0) is 6.42 Å². The highest BCUT2D eigenvalue weighted by Crippen LogP contribution is 2.23. The van der Waals surface area contributed by atoms with Gasteiger partial charge in [0.05, 0.1) is 6.42 Å². The molecule has 0 saturated heterocycles. The number of Topliss-reactive ketones (excluding diaryl/α,β-unsaturated/α-hetero) is 1. The largest absolute Gasteiger partial charge is 0.294 e. The summed E-state index contributed by atoms with van der Waals surface area (Å²) in [6, 6.07) is 11.1. The average Bonchev–Trinajstić information content (AvgIpc) is 2.30. The Kier molecular flexibility index (Phi) is 4.07. The van der Waals surface area contributed by atoms with Crippen molar-refractivity contribution in [1.29, 1.82) is 0 Å². The average molecular weight is 355 g/mol. The van der Waals surface area contributed by atoms with Crippen molar-refractivity contribution < 1.29 is 4.79 Å². The molecule has 1 heterocycles. The van der Waals surface area contributed by atoms with Crippen molar-refractivity contribution in [3.05, 3.63) is 62.8 Å². The van der Waals surface area contributed by atoms with Gasteiger partial charge in [-0.1, -0.05) is 37.9 Å². The van der Waals surface area contributed by atoms with Gasteiger partial charge in [0.15, 0.2) is 5.78 Å². The summed E-state index contributed by atoms with van der Waals surface area (Å²) in [6.07, 6.45) is 2.01. The van der Waals surface area contributed by atoms with Crippen LogP contribution in [0.5, 0.6) is 0 Å². The second-order valence-electron chi connectivity index (χ2n) is 3.55. The highest BCUT2D eigenvalue weighted by atomic mass is 79.9. The number of nitrogens with zero attached hydrogens (tertiary/aromatic N) is 1. The van der Waals surface area contributed by atoms with Crippen LogP contribution < -0.4 is 0 Å². The number of benzene rings is 1. The van der Waals surface area contributed by atoms with Gasteiger partial charge in [-0.3, -0.25) is 9.78 Å². The minimum Gasteiger partial charge on any atom is -0.294 e. The smallest absolute Gasteiger partial charge is 0.169 e. The van der Waals surface area contributed by atoms with Crippen molar-refractivity contribution in [2.45, 2.75) is 6.42 Å². The van der Waals surface area contributed by atoms with Crippen molar-refractivity contribution in [2.24, 2.45) is 0 Å². The maximum atomic E-state index is 12.1. The molecule has 1 aromatic heterocycles. The molecule has 0 spiro atoms. The molecule has 2 rings (SSSR count). The van der Waals surface area contributed by atoms with Gasteiger partial charge in [-0.05, 0) is 30.3 Å². The molecule has 1 aromatic carbocycles. The van der Waals surface area contributed by atoms with Crippen LogP contribution in [0.2, 0.25) is 0 Å². The normalized spacial score (nSPS) is 10.2. The van der Waals surface area contributed by atoms with Gasteiger partial charge >= 0.3 is 0 Å². The van der Waals surface area contributed by atoms with E-state index in [1.807, 2.05) is 30.3 Å². The minimum atomic E-state index is 0.0584. The molecule has 0 amide bonds. The van der Waals surface area contributed by atoms with Crippen molar-refractivity contribution in [2.75, 3.05) is 0 Å². The molecule has 0 atom stereocenters. The summed E-state index contributed by atoms with van der Waals surface area (Å²) in [7, 11) is 0. The first-order valence-corrected chi connectivity index (χ1v) is 6.63. The molecule has 2 aromatic rings. The Bertz CT molecular complexity index is 540. The van der Waals surface area contributed by atoms with E-state index in [1.165, 1.54) is 0 Å². The van der Waals surface area contributed by atoms with Gasteiger partial charge in [0.25, 0.3) is 0 Å². The van der Waals surface area contributed by atoms with Gasteiger partial charge in [-0.15, -0.1) is 0 Å². The van der Waals surface area contributed by atoms with Crippen molar-refractivity contribution >= 4 is 37.6 Å². The van der Waals surface area contributed by atoms with E-state index in [0.717, 1.165) is 14.6 Å². The Hall–Kier alpha value is -1.000. The third kappa shape index (κ3) is 3.23. The van der Waals surface area contributed by atoms with Crippen LogP contribution in [0.3, 0.4) is 0 Å². The first-order valence-electron chi connectivity index (χ1n) is 5.05. The van der Waals surface area contributed by atoms with Gasteiger partial charge < -0.3 is 0 Å². The van der Waals surface area contributed by atoms with Crippen molar-refractivity contribution in [3.8, 4) is 0 Å². The van der Waals surface area contributed by atoms with E-state index < -0.39 is 0 Å². The van der Waals surface area contributed by atoms with E-state index in [4.69, 9.17) is 0 Å². The maximum absolute atomic E-state index is 12.1. The van der Waals surface area contributed by atoms with E-state index in [1.54, 1.807) is 12.3 Å². The van der Waals surface area contributed by atoms with Gasteiger partial charge in [-0.2, -0.15) is 0 Å². The molecular formula is C13H9Br2NO. The number of rotatable bonds is 3. The summed E-state index contributed by atoms with van der Waals surface area (Å²) in [6.45, 7) is 0. The zero-order valence-electron chi connectivity index (χ0n) is 8.86. The van der Waals surface area contributed by atoms with Crippen LogP contribution in [0.15, 0.2) is 51.5 Å². The lowest BCUT2D eigenvalue weighted by Gasteiger charge is -2.04. The lowest BCUT2D eigenvalue weighted by molar-refractivity contribution is 0.0991. The van der Waals surface area contributed by atoms with Crippen LogP contribution in [0.4, 0.5) is 0 Å². The number of aromatic nitrogens is 1. The molecule has 0 unspecified atom stereocenters. The van der Waals surface area contributed by atoms with E-state index >= 15 is 0 Å². The predicted octanol–water partition coefficient (Wildman–Crippen LogP) is 4.03. The van der Waals surface area contributed by atoms with E-state index in [-0.39, 0.29) is 5.78 Å². The zero-order chi connectivity index (χ0) is 12.3. The van der Waals surface area contributed by atoms with Gasteiger partial charge in [0, 0.05) is 26.4 Å². The number of ketones is 1. The number of carbonyl (C=O) groups is 1. The predicted molar refractivity (Wildman–Crippen MR) is 74.1 cm³/mol. The third-order valence-corrected chi connectivity index (χ3v) is 3.45. The fourth-order valence-electron chi connectivity index (χ4n) is 1.48. The Morgan fingerprint density at radius 3 is 2.65 bits per heavy atom. The number of hydrogen-bond acceptors (Lipinski definition) is 2. The number of hydrogen-bond donors (Lipinski definition) is 0. The second kappa shape index (κ2) is 5.56.